The van der Waals surface area contributed by atoms with Gasteiger partial charge in [-0.3, -0.25) is 9.79 Å². The third-order valence-corrected chi connectivity index (χ3v) is 3.93. The van der Waals surface area contributed by atoms with Crippen LogP contribution in [-0.4, -0.2) is 70.5 Å². The number of dihydropyridines is 1. The summed E-state index contributed by atoms with van der Waals surface area (Å²) in [6, 6.07) is -0.627. The van der Waals surface area contributed by atoms with Crippen LogP contribution in [0.5, 0.6) is 0 Å². The lowest BCUT2D eigenvalue weighted by atomic mass is 9.94. The zero-order valence-electron chi connectivity index (χ0n) is 10.6. The number of hydrogen-bond acceptors (Lipinski definition) is 8. The number of carbonyl (C=O) groups is 1. The average Bonchev–Trinajstić information content (AvgIpc) is 2.94. The van der Waals surface area contributed by atoms with E-state index in [-0.39, 0.29) is 11.9 Å². The Labute approximate surface area is 114 Å². The summed E-state index contributed by atoms with van der Waals surface area (Å²) in [5.74, 6) is -0.205. The van der Waals surface area contributed by atoms with Crippen LogP contribution in [0.25, 0.3) is 0 Å². The van der Waals surface area contributed by atoms with Crippen molar-refractivity contribution in [3.8, 4) is 0 Å². The van der Waals surface area contributed by atoms with Gasteiger partial charge in [-0.05, 0) is 0 Å². The van der Waals surface area contributed by atoms with Gasteiger partial charge >= 0.3 is 0 Å². The molecule has 3 aliphatic rings. The predicted octanol–water partition coefficient (Wildman–Crippen LogP) is -2.98. The maximum Gasteiger partial charge on any atom is 0.201 e. The summed E-state index contributed by atoms with van der Waals surface area (Å²) in [5.41, 5.74) is 6.86. The zero-order chi connectivity index (χ0) is 14.4. The van der Waals surface area contributed by atoms with Gasteiger partial charge in [0.25, 0.3) is 0 Å². The smallest absolute Gasteiger partial charge is 0.201 e. The molecule has 20 heavy (non-hydrogen) atoms. The van der Waals surface area contributed by atoms with Crippen molar-refractivity contribution in [1.82, 2.24) is 5.32 Å². The third kappa shape index (κ3) is 1.97. The number of ether oxygens (including phenoxy) is 1. The van der Waals surface area contributed by atoms with Gasteiger partial charge in [0, 0.05) is 17.7 Å². The molecule has 0 aromatic carbocycles. The molecule has 0 aromatic heterocycles. The molecule has 3 aliphatic heterocycles. The molecule has 0 saturated carbocycles. The summed E-state index contributed by atoms with van der Waals surface area (Å²) in [6.07, 6.45) is -2.84. The van der Waals surface area contributed by atoms with E-state index in [2.05, 4.69) is 10.3 Å². The van der Waals surface area contributed by atoms with Crippen LogP contribution in [0, 0.1) is 0 Å². The first-order valence-electron chi connectivity index (χ1n) is 6.48. The molecule has 8 nitrogen and oxygen atoms in total. The Kier molecular flexibility index (Phi) is 3.35. The highest BCUT2D eigenvalue weighted by molar-refractivity contribution is 6.36. The lowest BCUT2D eigenvalue weighted by Gasteiger charge is -2.26. The molecule has 8 heteroatoms. The van der Waals surface area contributed by atoms with Crippen molar-refractivity contribution >= 4 is 12.0 Å². The molecule has 2 unspecified atom stereocenters. The molecule has 6 N–H and O–H groups in total. The van der Waals surface area contributed by atoms with Crippen molar-refractivity contribution in [1.29, 1.82) is 0 Å². The second kappa shape index (κ2) is 4.90. The first-order valence-corrected chi connectivity index (χ1v) is 6.48. The van der Waals surface area contributed by atoms with Crippen molar-refractivity contribution < 1.29 is 24.9 Å². The van der Waals surface area contributed by atoms with Crippen molar-refractivity contribution in [2.45, 2.75) is 43.0 Å². The minimum atomic E-state index is -1.19. The normalized spacial score (nSPS) is 43.9. The fourth-order valence-corrected chi connectivity index (χ4v) is 2.90. The van der Waals surface area contributed by atoms with Gasteiger partial charge in [0.05, 0.1) is 19.0 Å². The molecule has 6 atom stereocenters. The molecule has 0 amide bonds. The summed E-state index contributed by atoms with van der Waals surface area (Å²) in [4.78, 5) is 15.8. The largest absolute Gasteiger partial charge is 0.394 e. The number of aliphatic hydroxyl groups excluding tert-OH is 3. The van der Waals surface area contributed by atoms with Crippen LogP contribution in [0.2, 0.25) is 0 Å². The number of carbonyl (C=O) groups excluding carboxylic acids is 1. The number of rotatable bonds is 2. The predicted molar refractivity (Wildman–Crippen MR) is 67.8 cm³/mol. The van der Waals surface area contributed by atoms with Crippen LogP contribution in [-0.2, 0) is 9.53 Å². The third-order valence-electron chi connectivity index (χ3n) is 3.93. The first kappa shape index (κ1) is 13.7. The van der Waals surface area contributed by atoms with Gasteiger partial charge in [0.15, 0.2) is 0 Å². The molecular formula is C12H17N3O5. The van der Waals surface area contributed by atoms with Gasteiger partial charge in [0.1, 0.15) is 30.5 Å². The van der Waals surface area contributed by atoms with Crippen LogP contribution in [0.15, 0.2) is 16.3 Å². The summed E-state index contributed by atoms with van der Waals surface area (Å²) >= 11 is 0. The van der Waals surface area contributed by atoms with Crippen LogP contribution >= 0.6 is 0 Å². The lowest BCUT2D eigenvalue weighted by Crippen LogP contribution is -2.44. The average molecular weight is 283 g/mol. The van der Waals surface area contributed by atoms with E-state index in [4.69, 9.17) is 15.6 Å². The van der Waals surface area contributed by atoms with Crippen LogP contribution in [0.1, 0.15) is 6.42 Å². The number of nitrogens with one attached hydrogen (secondary N) is 1. The monoisotopic (exact) mass is 283 g/mol. The topological polar surface area (TPSA) is 137 Å². The number of Topliss-reactive ketones (excluding diaryl/α,β-unsaturated/α-hetero) is 1. The Morgan fingerprint density at radius 1 is 1.45 bits per heavy atom. The molecule has 0 spiro atoms. The van der Waals surface area contributed by atoms with E-state index in [1.807, 2.05) is 0 Å². The van der Waals surface area contributed by atoms with E-state index in [1.165, 1.54) is 6.21 Å². The Balaban J connectivity index is 1.87. The van der Waals surface area contributed by atoms with E-state index in [1.54, 1.807) is 0 Å². The molecule has 110 valence electrons. The minimum Gasteiger partial charge on any atom is -0.394 e. The molecule has 1 fully saturated rings. The molecular weight excluding hydrogens is 266 g/mol. The highest BCUT2D eigenvalue weighted by Gasteiger charge is 2.49. The Hall–Kier alpha value is -1.32. The maximum absolute atomic E-state index is 11.8. The highest BCUT2D eigenvalue weighted by Crippen LogP contribution is 2.33. The van der Waals surface area contributed by atoms with Crippen molar-refractivity contribution in [3.63, 3.8) is 0 Å². The number of nitrogens with zero attached hydrogens (tertiary/aromatic N) is 1. The molecule has 0 aliphatic carbocycles. The molecule has 1 saturated heterocycles. The Bertz CT molecular complexity index is 491. The second-order valence-electron chi connectivity index (χ2n) is 5.24. The van der Waals surface area contributed by atoms with Gasteiger partial charge in [-0.15, -0.1) is 0 Å². The van der Waals surface area contributed by atoms with Crippen LogP contribution in [0.4, 0.5) is 0 Å². The molecule has 3 heterocycles. The van der Waals surface area contributed by atoms with Crippen molar-refractivity contribution in [2.75, 3.05) is 6.61 Å². The fourth-order valence-electron chi connectivity index (χ4n) is 2.90. The maximum atomic E-state index is 11.8. The van der Waals surface area contributed by atoms with Crippen molar-refractivity contribution in [3.05, 3.63) is 11.3 Å². The SMILES string of the molecule is NC1CC2=C(N1)C([C@@H]1O[C@H](CO)[C@@H](O)[C@@H]1O)N=CC2=O. The van der Waals surface area contributed by atoms with Crippen LogP contribution < -0.4 is 11.1 Å². The van der Waals surface area contributed by atoms with E-state index in [0.29, 0.717) is 17.7 Å². The quantitative estimate of drug-likeness (QED) is 0.364. The van der Waals surface area contributed by atoms with Crippen molar-refractivity contribution in [2.24, 2.45) is 10.7 Å². The van der Waals surface area contributed by atoms with Gasteiger partial charge in [-0.2, -0.15) is 0 Å². The number of ketones is 1. The Morgan fingerprint density at radius 2 is 2.20 bits per heavy atom. The summed E-state index contributed by atoms with van der Waals surface area (Å²) in [6.45, 7) is -0.400. The summed E-state index contributed by atoms with van der Waals surface area (Å²) in [5, 5.41) is 31.9. The van der Waals surface area contributed by atoms with Gasteiger partial charge in [-0.25, -0.2) is 0 Å². The molecule has 0 radical (unpaired) electrons. The van der Waals surface area contributed by atoms with Gasteiger partial charge in [-0.1, -0.05) is 0 Å². The fraction of sp³-hybridized carbons (Fsp3) is 0.667. The highest BCUT2D eigenvalue weighted by atomic mass is 16.6. The van der Waals surface area contributed by atoms with E-state index in [9.17, 15) is 15.0 Å². The molecule has 0 aromatic rings. The van der Waals surface area contributed by atoms with E-state index < -0.39 is 37.1 Å². The van der Waals surface area contributed by atoms with Gasteiger partial charge in [0.2, 0.25) is 5.78 Å². The number of hydrogen-bond donors (Lipinski definition) is 5. The first-order chi connectivity index (χ1) is 9.52. The lowest BCUT2D eigenvalue weighted by molar-refractivity contribution is -0.109. The minimum absolute atomic E-state index is 0.205. The number of aliphatic imine (C=N–C) groups is 1. The summed E-state index contributed by atoms with van der Waals surface area (Å²) in [7, 11) is 0. The molecule has 0 bridgehead atoms. The van der Waals surface area contributed by atoms with E-state index >= 15 is 0 Å². The second-order valence-corrected chi connectivity index (χ2v) is 5.24. The Morgan fingerprint density at radius 3 is 2.85 bits per heavy atom. The molecule has 3 rings (SSSR count). The number of aliphatic hydroxyl groups is 3. The van der Waals surface area contributed by atoms with Crippen LogP contribution in [0.3, 0.4) is 0 Å². The zero-order valence-corrected chi connectivity index (χ0v) is 10.6. The van der Waals surface area contributed by atoms with E-state index in [0.717, 1.165) is 0 Å². The van der Waals surface area contributed by atoms with Gasteiger partial charge < -0.3 is 31.1 Å². The standard InChI is InChI=1S/C12H17N3O5/c13-7-1-4-5(17)2-14-9(8(4)15-7)12-11(19)10(18)6(3-16)20-12/h2,6-7,9-12,15-16,18-19H,1,3,13H2/t6-,7?,9?,10-,11+,12+/m1/s1. The summed E-state index contributed by atoms with van der Waals surface area (Å²) < 4.78 is 5.46. The number of nitrogens with two attached hydrogens (primary N) is 1.